The Kier molecular flexibility index (Phi) is 5.14. The molecule has 3 heterocycles. The highest BCUT2D eigenvalue weighted by molar-refractivity contribution is 5.92. The fraction of sp³-hybridized carbons (Fsp3) is 0.611. The van der Waals surface area contributed by atoms with Gasteiger partial charge in [0.2, 0.25) is 11.8 Å². The van der Waals surface area contributed by atoms with Crippen LogP contribution in [0.2, 0.25) is 0 Å². The zero-order valence-electron chi connectivity index (χ0n) is 14.4. The number of rotatable bonds is 4. The second-order valence-corrected chi connectivity index (χ2v) is 7.02. The predicted molar refractivity (Wildman–Crippen MR) is 92.4 cm³/mol. The van der Waals surface area contributed by atoms with Crippen LogP contribution in [0.4, 0.5) is 5.82 Å². The lowest BCUT2D eigenvalue weighted by atomic mass is 9.87. The minimum atomic E-state index is -0.0437. The number of nitrogens with one attached hydrogen (secondary N) is 2. The highest BCUT2D eigenvalue weighted by Gasteiger charge is 2.34. The standard InChI is InChI=1S/C18H26N4O2/c1-12-3-4-16(20-9-12)21-17(23)14-5-7-22(8-6-14)18(24)13(2)15-10-19-11-15/h3-4,9,13-15,19H,5-8,10-11H2,1-2H3,(H,20,21,23). The van der Waals surface area contributed by atoms with Crippen LogP contribution in [0.3, 0.4) is 0 Å². The number of carbonyl (C=O) groups excluding carboxylic acids is 2. The Balaban J connectivity index is 1.48. The molecule has 6 heteroatoms. The van der Waals surface area contributed by atoms with Gasteiger partial charge >= 0.3 is 0 Å². The zero-order chi connectivity index (χ0) is 17.1. The molecule has 130 valence electrons. The van der Waals surface area contributed by atoms with E-state index in [-0.39, 0.29) is 23.7 Å². The van der Waals surface area contributed by atoms with Crippen molar-refractivity contribution in [3.05, 3.63) is 23.9 Å². The topological polar surface area (TPSA) is 74.3 Å². The van der Waals surface area contributed by atoms with Gasteiger partial charge in [0.05, 0.1) is 0 Å². The summed E-state index contributed by atoms with van der Waals surface area (Å²) in [7, 11) is 0. The van der Waals surface area contributed by atoms with Crippen molar-refractivity contribution in [2.45, 2.75) is 26.7 Å². The number of hydrogen-bond donors (Lipinski definition) is 2. The molecule has 1 aromatic heterocycles. The van der Waals surface area contributed by atoms with E-state index in [0.717, 1.165) is 31.5 Å². The van der Waals surface area contributed by atoms with Crippen molar-refractivity contribution in [2.24, 2.45) is 17.8 Å². The van der Waals surface area contributed by atoms with Crippen LogP contribution >= 0.6 is 0 Å². The molecule has 2 saturated heterocycles. The number of anilines is 1. The highest BCUT2D eigenvalue weighted by Crippen LogP contribution is 2.24. The van der Waals surface area contributed by atoms with E-state index in [1.807, 2.05) is 30.9 Å². The summed E-state index contributed by atoms with van der Waals surface area (Å²) in [6.45, 7) is 7.21. The predicted octanol–water partition coefficient (Wildman–Crippen LogP) is 1.42. The SMILES string of the molecule is Cc1ccc(NC(=O)C2CCN(C(=O)C(C)C3CNC3)CC2)nc1. The van der Waals surface area contributed by atoms with Crippen molar-refractivity contribution in [2.75, 3.05) is 31.5 Å². The quantitative estimate of drug-likeness (QED) is 0.876. The molecule has 2 aliphatic heterocycles. The monoisotopic (exact) mass is 330 g/mol. The number of likely N-dealkylation sites (tertiary alicyclic amines) is 1. The molecule has 0 spiro atoms. The van der Waals surface area contributed by atoms with Crippen LogP contribution in [0.5, 0.6) is 0 Å². The van der Waals surface area contributed by atoms with Crippen LogP contribution in [-0.4, -0.2) is 47.9 Å². The first kappa shape index (κ1) is 16.9. The largest absolute Gasteiger partial charge is 0.342 e. The number of aromatic nitrogens is 1. The average molecular weight is 330 g/mol. The average Bonchev–Trinajstić information content (AvgIpc) is 2.55. The van der Waals surface area contributed by atoms with Crippen LogP contribution in [0.25, 0.3) is 0 Å². The number of pyridine rings is 1. The first-order valence-electron chi connectivity index (χ1n) is 8.77. The maximum Gasteiger partial charge on any atom is 0.228 e. The summed E-state index contributed by atoms with van der Waals surface area (Å²) in [5.41, 5.74) is 1.07. The van der Waals surface area contributed by atoms with Crippen LogP contribution in [0.15, 0.2) is 18.3 Å². The molecule has 1 aromatic rings. The molecule has 0 radical (unpaired) electrons. The van der Waals surface area contributed by atoms with Crippen LogP contribution in [-0.2, 0) is 9.59 Å². The Morgan fingerprint density at radius 3 is 2.54 bits per heavy atom. The number of carbonyl (C=O) groups is 2. The van der Waals surface area contributed by atoms with Gasteiger partial charge in [-0.05, 0) is 50.4 Å². The first-order valence-corrected chi connectivity index (χ1v) is 8.77. The first-order chi connectivity index (χ1) is 11.5. The van der Waals surface area contributed by atoms with Crippen molar-refractivity contribution >= 4 is 17.6 Å². The van der Waals surface area contributed by atoms with E-state index < -0.39 is 0 Å². The molecule has 0 aromatic carbocycles. The van der Waals surface area contributed by atoms with E-state index >= 15 is 0 Å². The van der Waals surface area contributed by atoms with Gasteiger partial charge in [-0.2, -0.15) is 0 Å². The zero-order valence-corrected chi connectivity index (χ0v) is 14.4. The molecule has 2 amide bonds. The minimum Gasteiger partial charge on any atom is -0.342 e. The third-order valence-electron chi connectivity index (χ3n) is 5.25. The molecule has 2 aliphatic rings. The molecule has 0 bridgehead atoms. The smallest absolute Gasteiger partial charge is 0.228 e. The normalized spacial score (nSPS) is 20.3. The number of nitrogens with zero attached hydrogens (tertiary/aromatic N) is 2. The van der Waals surface area contributed by atoms with Gasteiger partial charge in [0.25, 0.3) is 0 Å². The number of amides is 2. The molecule has 24 heavy (non-hydrogen) atoms. The summed E-state index contributed by atoms with van der Waals surface area (Å²) in [5, 5.41) is 6.10. The Labute approximate surface area is 143 Å². The Morgan fingerprint density at radius 1 is 1.29 bits per heavy atom. The molecule has 0 saturated carbocycles. The van der Waals surface area contributed by atoms with Crippen molar-refractivity contribution in [3.8, 4) is 0 Å². The maximum absolute atomic E-state index is 12.5. The molecule has 6 nitrogen and oxygen atoms in total. The minimum absolute atomic E-state index is 0.00898. The summed E-state index contributed by atoms with van der Waals surface area (Å²) >= 11 is 0. The van der Waals surface area contributed by atoms with Crippen LogP contribution in [0, 0.1) is 24.7 Å². The summed E-state index contributed by atoms with van der Waals surface area (Å²) in [4.78, 5) is 31.0. The van der Waals surface area contributed by atoms with Gasteiger partial charge in [-0.15, -0.1) is 0 Å². The van der Waals surface area contributed by atoms with E-state index in [0.29, 0.717) is 24.8 Å². The summed E-state index contributed by atoms with van der Waals surface area (Å²) in [6.07, 6.45) is 3.19. The third-order valence-corrected chi connectivity index (χ3v) is 5.25. The van der Waals surface area contributed by atoms with E-state index in [1.165, 1.54) is 0 Å². The molecule has 3 rings (SSSR count). The Hall–Kier alpha value is -1.95. The maximum atomic E-state index is 12.5. The van der Waals surface area contributed by atoms with E-state index in [9.17, 15) is 9.59 Å². The van der Waals surface area contributed by atoms with Gasteiger partial charge < -0.3 is 15.5 Å². The molecule has 2 fully saturated rings. The van der Waals surface area contributed by atoms with Gasteiger partial charge in [0.15, 0.2) is 0 Å². The fourth-order valence-electron chi connectivity index (χ4n) is 3.29. The van der Waals surface area contributed by atoms with Gasteiger partial charge in [-0.1, -0.05) is 13.0 Å². The second kappa shape index (κ2) is 7.30. The van der Waals surface area contributed by atoms with Crippen molar-refractivity contribution < 1.29 is 9.59 Å². The lowest BCUT2D eigenvalue weighted by molar-refractivity contribution is -0.140. The summed E-state index contributed by atoms with van der Waals surface area (Å²) in [5.74, 6) is 1.34. The van der Waals surface area contributed by atoms with Gasteiger partial charge in [-0.25, -0.2) is 4.98 Å². The number of piperidine rings is 1. The Morgan fingerprint density at radius 2 is 2.00 bits per heavy atom. The van der Waals surface area contributed by atoms with Crippen molar-refractivity contribution in [3.63, 3.8) is 0 Å². The lowest BCUT2D eigenvalue weighted by Crippen LogP contribution is -2.52. The summed E-state index contributed by atoms with van der Waals surface area (Å²) in [6, 6.07) is 3.75. The second-order valence-electron chi connectivity index (χ2n) is 7.02. The van der Waals surface area contributed by atoms with Crippen LogP contribution < -0.4 is 10.6 Å². The molecule has 1 unspecified atom stereocenters. The summed E-state index contributed by atoms with van der Waals surface area (Å²) < 4.78 is 0. The van der Waals surface area contributed by atoms with E-state index in [4.69, 9.17) is 0 Å². The van der Waals surface area contributed by atoms with Crippen molar-refractivity contribution in [1.29, 1.82) is 0 Å². The molecule has 0 aliphatic carbocycles. The highest BCUT2D eigenvalue weighted by atomic mass is 16.2. The lowest BCUT2D eigenvalue weighted by Gasteiger charge is -2.37. The molecule has 2 N–H and O–H groups in total. The van der Waals surface area contributed by atoms with Gasteiger partial charge in [-0.3, -0.25) is 9.59 Å². The molecular weight excluding hydrogens is 304 g/mol. The molecular formula is C18H26N4O2. The van der Waals surface area contributed by atoms with Gasteiger partial charge in [0, 0.05) is 31.1 Å². The Bertz CT molecular complexity index is 590. The fourth-order valence-corrected chi connectivity index (χ4v) is 3.29. The van der Waals surface area contributed by atoms with E-state index in [1.54, 1.807) is 6.20 Å². The van der Waals surface area contributed by atoms with Crippen molar-refractivity contribution in [1.82, 2.24) is 15.2 Å². The number of aryl methyl sites for hydroxylation is 1. The van der Waals surface area contributed by atoms with Gasteiger partial charge in [0.1, 0.15) is 5.82 Å². The van der Waals surface area contributed by atoms with E-state index in [2.05, 4.69) is 15.6 Å². The van der Waals surface area contributed by atoms with Crippen LogP contribution in [0.1, 0.15) is 25.3 Å². The third kappa shape index (κ3) is 3.75. The number of hydrogen-bond acceptors (Lipinski definition) is 4. The molecule has 1 atom stereocenters.